The quantitative estimate of drug-likeness (QED) is 0.125. The van der Waals surface area contributed by atoms with Gasteiger partial charge >= 0.3 is 14.2 Å². The molecule has 0 amide bonds. The summed E-state index contributed by atoms with van der Waals surface area (Å²) in [7, 11) is -3.88. The van der Waals surface area contributed by atoms with Crippen LogP contribution in [0.25, 0.3) is 21.9 Å². The number of halogens is 1. The lowest BCUT2D eigenvalue weighted by Crippen LogP contribution is -2.68. The minimum atomic E-state index is -1.67. The highest BCUT2D eigenvalue weighted by atomic mass is 35.5. The average molecular weight is 885 g/mol. The van der Waals surface area contributed by atoms with Crippen molar-refractivity contribution in [2.24, 2.45) is 34.5 Å². The SMILES string of the molecule is Cc1cccc2c(C[C@@H](B3O[C@@H]4C[C@@H]5C[C@@H](C5(C)C)[C@]4(C)O3)N([Si](C)(C)C)[Si](C)(C)C)coc12.Cc1cccc2c(C[C@H](NCl)B3O[C@@H]4C[C@@H]5C[C@@H](C5(C)C)[C@]4(C)O3)coc12. The number of benzene rings is 2. The van der Waals surface area contributed by atoms with E-state index in [0.717, 1.165) is 58.8 Å². The van der Waals surface area contributed by atoms with E-state index in [9.17, 15) is 0 Å². The molecule has 0 spiro atoms. The summed E-state index contributed by atoms with van der Waals surface area (Å²) in [5, 5.41) is 2.37. The van der Waals surface area contributed by atoms with Gasteiger partial charge in [0, 0.05) is 16.7 Å². The second-order valence-corrected chi connectivity index (χ2v) is 33.8. The molecule has 13 heteroatoms. The van der Waals surface area contributed by atoms with E-state index in [4.69, 9.17) is 39.2 Å². The maximum absolute atomic E-state index is 7.11. The number of fused-ring (bicyclic) bond motifs is 2. The van der Waals surface area contributed by atoms with Crippen molar-refractivity contribution in [3.8, 4) is 0 Å². The first-order valence-corrected chi connectivity index (χ1v) is 30.5. The monoisotopic (exact) mass is 884 g/mol. The van der Waals surface area contributed by atoms with Gasteiger partial charge in [-0.25, -0.2) is 4.84 Å². The van der Waals surface area contributed by atoms with E-state index in [1.807, 2.05) is 12.5 Å². The molecule has 2 aliphatic heterocycles. The largest absolute Gasteiger partial charge is 0.477 e. The van der Waals surface area contributed by atoms with E-state index >= 15 is 0 Å². The molecule has 2 saturated heterocycles. The van der Waals surface area contributed by atoms with Crippen LogP contribution in [0, 0.1) is 48.3 Å². The maximum atomic E-state index is 7.11. The van der Waals surface area contributed by atoms with Crippen molar-refractivity contribution in [3.05, 3.63) is 71.2 Å². The van der Waals surface area contributed by atoms with Crippen LogP contribution in [0.4, 0.5) is 0 Å². The predicted molar refractivity (Wildman–Crippen MR) is 255 cm³/mol. The van der Waals surface area contributed by atoms with Gasteiger partial charge in [0.25, 0.3) is 0 Å². The van der Waals surface area contributed by atoms with E-state index in [1.54, 1.807) is 0 Å². The van der Waals surface area contributed by atoms with Gasteiger partial charge in [0.1, 0.15) is 27.6 Å². The van der Waals surface area contributed by atoms with Gasteiger partial charge in [-0.15, -0.1) is 0 Å². The Kier molecular flexibility index (Phi) is 11.0. The van der Waals surface area contributed by atoms with E-state index in [2.05, 4.69) is 140 Å². The van der Waals surface area contributed by atoms with Crippen LogP contribution in [0.15, 0.2) is 57.8 Å². The molecule has 8 aliphatic rings. The molecule has 0 radical (unpaired) electrons. The molecule has 2 aromatic carbocycles. The minimum absolute atomic E-state index is 0.129. The Bertz CT molecular complexity index is 2270. The second-order valence-electron chi connectivity index (χ2n) is 23.5. The van der Waals surface area contributed by atoms with Gasteiger partial charge in [-0.1, -0.05) is 103 Å². The summed E-state index contributed by atoms with van der Waals surface area (Å²) in [4.78, 5) is 2.92. The van der Waals surface area contributed by atoms with Crippen LogP contribution in [0.1, 0.15) is 89.5 Å². The lowest BCUT2D eigenvalue weighted by Gasteiger charge is -2.64. The third kappa shape index (κ3) is 7.14. The maximum Gasteiger partial charge on any atom is 0.477 e. The van der Waals surface area contributed by atoms with Gasteiger partial charge in [0.15, 0.2) is 0 Å². The number of hydrogen-bond donors (Lipinski definition) is 1. The van der Waals surface area contributed by atoms with Gasteiger partial charge in [-0.3, -0.25) is 0 Å². The molecule has 8 nitrogen and oxygen atoms in total. The molecule has 12 rings (SSSR count). The molecule has 6 saturated carbocycles. The molecular formula is C48H71B2ClN2O6Si2. The molecule has 330 valence electrons. The Labute approximate surface area is 373 Å². The predicted octanol–water partition coefficient (Wildman–Crippen LogP) is 11.6. The fourth-order valence-electron chi connectivity index (χ4n) is 13.9. The van der Waals surface area contributed by atoms with Gasteiger partial charge in [-0.05, 0) is 135 Å². The Morgan fingerprint density at radius 3 is 1.56 bits per heavy atom. The van der Waals surface area contributed by atoms with E-state index in [0.29, 0.717) is 29.1 Å². The third-order valence-electron chi connectivity index (χ3n) is 17.1. The lowest BCUT2D eigenvalue weighted by molar-refractivity contribution is -0.199. The fraction of sp³-hybridized carbons (Fsp3) is 0.667. The molecule has 8 fully saturated rings. The first-order chi connectivity index (χ1) is 28.5. The molecule has 1 N–H and O–H groups in total. The van der Waals surface area contributed by atoms with Crippen molar-refractivity contribution in [2.75, 3.05) is 0 Å². The summed E-state index contributed by atoms with van der Waals surface area (Å²) in [6, 6.07) is 12.7. The normalized spacial score (nSPS) is 33.2. The zero-order valence-electron chi connectivity index (χ0n) is 39.4. The fourth-order valence-corrected chi connectivity index (χ4v) is 24.6. The first kappa shape index (κ1) is 44.3. The van der Waals surface area contributed by atoms with Gasteiger partial charge in [0.05, 0.1) is 41.9 Å². The standard InChI is InChI=1S/C27H44BNO3Si2.C21H27BClNO3/c1-18-12-11-13-21-19(17-30-25(18)21)14-24(29(33(5,6)7)34(8,9)10)28-31-23-16-20-15-22(26(20,2)3)27(23,4)32-28;1-12-6-5-7-15-13(11-25-19(12)15)8-18(24-23)22-26-17-10-14-9-16(20(14,2)3)21(17,4)27-22/h11-13,17,20,22-24H,14-16H2,1-10H3;5-7,11,14,16-18,24H,8-10H2,1-4H3/t20-,22-,23+,24-,27-;14-,16-,17+,18-,21-/m00/s1. The second kappa shape index (κ2) is 15.1. The zero-order valence-corrected chi connectivity index (χ0v) is 42.2. The van der Waals surface area contributed by atoms with E-state index in [-0.39, 0.29) is 49.5 Å². The Morgan fingerprint density at radius 2 is 1.11 bits per heavy atom. The van der Waals surface area contributed by atoms with E-state index in [1.165, 1.54) is 29.4 Å². The van der Waals surface area contributed by atoms with Crippen molar-refractivity contribution < 1.29 is 27.5 Å². The zero-order chi connectivity index (χ0) is 43.8. The molecule has 4 aromatic rings. The van der Waals surface area contributed by atoms with Crippen LogP contribution in [-0.2, 0) is 31.5 Å². The van der Waals surface area contributed by atoms with Gasteiger partial charge in [0.2, 0.25) is 0 Å². The third-order valence-corrected chi connectivity index (χ3v) is 25.0. The topological polar surface area (TPSA) is 78.5 Å². The summed E-state index contributed by atoms with van der Waals surface area (Å²) in [6.45, 7) is 33.3. The number of aryl methyl sites for hydroxylation is 2. The van der Waals surface area contributed by atoms with Gasteiger partial charge in [-0.2, -0.15) is 0 Å². The summed E-state index contributed by atoms with van der Waals surface area (Å²) in [5.74, 6) is 2.71. The number of rotatable bonds is 10. The van der Waals surface area contributed by atoms with Crippen LogP contribution in [-0.4, -0.2) is 70.2 Å². The van der Waals surface area contributed by atoms with Crippen LogP contribution in [0.3, 0.4) is 0 Å². The molecule has 6 aliphatic carbocycles. The molecule has 4 heterocycles. The molecule has 10 atom stereocenters. The smallest absolute Gasteiger partial charge is 0.464 e. The number of hydrogen-bond acceptors (Lipinski definition) is 8. The molecular weight excluding hydrogens is 814 g/mol. The van der Waals surface area contributed by atoms with Crippen LogP contribution < -0.4 is 4.84 Å². The summed E-state index contributed by atoms with van der Waals surface area (Å²) in [6.07, 6.45) is 10.6. The summed E-state index contributed by atoms with van der Waals surface area (Å²) < 4.78 is 41.8. The first-order valence-electron chi connectivity index (χ1n) is 23.2. The highest BCUT2D eigenvalue weighted by molar-refractivity contribution is 6.90. The molecule has 2 aromatic heterocycles. The molecule has 61 heavy (non-hydrogen) atoms. The molecule has 4 bridgehead atoms. The van der Waals surface area contributed by atoms with Crippen molar-refractivity contribution >= 4 is 64.4 Å². The number of para-hydroxylation sites is 2. The summed E-state index contributed by atoms with van der Waals surface area (Å²) in [5.41, 5.74) is 7.00. The highest BCUT2D eigenvalue weighted by Crippen LogP contribution is 2.67. The Hall–Kier alpha value is -1.87. The highest BCUT2D eigenvalue weighted by Gasteiger charge is 2.70. The lowest BCUT2D eigenvalue weighted by atomic mass is 9.43. The van der Waals surface area contributed by atoms with Crippen molar-refractivity contribution in [3.63, 3.8) is 0 Å². The Morgan fingerprint density at radius 1 is 0.672 bits per heavy atom. The van der Waals surface area contributed by atoms with Crippen LogP contribution >= 0.6 is 11.8 Å². The number of nitrogens with one attached hydrogen (secondary N) is 1. The van der Waals surface area contributed by atoms with Crippen molar-refractivity contribution in [1.82, 2.24) is 9.07 Å². The average Bonchev–Trinajstić information content (AvgIpc) is 3.95. The number of nitrogens with zero attached hydrogens (tertiary/aromatic N) is 1. The van der Waals surface area contributed by atoms with Crippen molar-refractivity contribution in [2.45, 2.75) is 168 Å². The van der Waals surface area contributed by atoms with Crippen LogP contribution in [0.2, 0.25) is 39.3 Å². The minimum Gasteiger partial charge on any atom is -0.464 e. The number of furan rings is 2. The van der Waals surface area contributed by atoms with Crippen LogP contribution in [0.5, 0.6) is 0 Å². The molecule has 0 unspecified atom stereocenters. The van der Waals surface area contributed by atoms with Crippen molar-refractivity contribution in [1.29, 1.82) is 0 Å². The summed E-state index contributed by atoms with van der Waals surface area (Å²) >= 11 is 6.15. The Balaban J connectivity index is 0.000000160. The van der Waals surface area contributed by atoms with E-state index < -0.39 is 16.5 Å². The van der Waals surface area contributed by atoms with Gasteiger partial charge < -0.3 is 31.7 Å².